The third-order valence-corrected chi connectivity index (χ3v) is 13.8. The summed E-state index contributed by atoms with van der Waals surface area (Å²) >= 11 is 3.70. The summed E-state index contributed by atoms with van der Waals surface area (Å²) in [6, 6.07) is 13.2. The van der Waals surface area contributed by atoms with Gasteiger partial charge in [0.25, 0.3) is 0 Å². The molecule has 4 aliphatic heterocycles. The minimum Gasteiger partial charge on any atom is -0.443 e. The molecule has 2 aromatic heterocycles. The highest BCUT2D eigenvalue weighted by molar-refractivity contribution is 7.18. The smallest absolute Gasteiger partial charge is 0.414 e. The van der Waals surface area contributed by atoms with Gasteiger partial charge in [0.05, 0.1) is 36.1 Å². The van der Waals surface area contributed by atoms with E-state index >= 15 is 0 Å². The third kappa shape index (κ3) is 10.6. The van der Waals surface area contributed by atoms with Gasteiger partial charge in [-0.05, 0) is 159 Å². The standard InChI is InChI=1S/C25H35N3O2S.C20H27N3S/c1-17-6-8-21(28(16-17)24(29)30-25(2,3)4)19-7-9-22-20(15-19)26-23(31-22)14-18-10-12-27(5)13-11-18;1-14-3-5-17(21-13-14)16-4-6-19-18(12-16)22-20(24-19)11-15-7-9-23(2)10-8-15/h7-9,15,17-18H,6,10-14,16H2,1-5H3;4,6,12,14-15H,3,5,7-11,13H2,1-2H3/t17-;14-/m00/s1. The number of aromatic nitrogens is 2. The van der Waals surface area contributed by atoms with Crippen LogP contribution in [0.5, 0.6) is 0 Å². The van der Waals surface area contributed by atoms with E-state index in [9.17, 15) is 4.79 Å². The van der Waals surface area contributed by atoms with Crippen LogP contribution >= 0.6 is 22.7 Å². The third-order valence-electron chi connectivity index (χ3n) is 11.7. The average molecular weight is 783 g/mol. The van der Waals surface area contributed by atoms with Gasteiger partial charge in [-0.25, -0.2) is 14.8 Å². The van der Waals surface area contributed by atoms with E-state index in [4.69, 9.17) is 19.7 Å². The van der Waals surface area contributed by atoms with Crippen LogP contribution in [-0.4, -0.2) is 95.4 Å². The zero-order valence-electron chi connectivity index (χ0n) is 34.3. The minimum absolute atomic E-state index is 0.272. The average Bonchev–Trinajstić information content (AvgIpc) is 3.75. The van der Waals surface area contributed by atoms with Crippen LogP contribution in [0.1, 0.15) is 101 Å². The van der Waals surface area contributed by atoms with Crippen LogP contribution in [0.15, 0.2) is 47.5 Å². The summed E-state index contributed by atoms with van der Waals surface area (Å²) in [6.45, 7) is 16.7. The summed E-state index contributed by atoms with van der Waals surface area (Å²) in [5.41, 5.74) is 6.24. The second kappa shape index (κ2) is 17.5. The molecule has 0 radical (unpaired) electrons. The number of benzene rings is 2. The molecule has 6 heterocycles. The second-order valence-corrected chi connectivity index (χ2v) is 20.2. The minimum atomic E-state index is -0.509. The van der Waals surface area contributed by atoms with Crippen molar-refractivity contribution in [2.75, 3.05) is 53.4 Å². The molecule has 2 atom stereocenters. The first-order chi connectivity index (χ1) is 26.3. The van der Waals surface area contributed by atoms with Gasteiger partial charge in [-0.2, -0.15) is 0 Å². The highest BCUT2D eigenvalue weighted by Gasteiger charge is 2.30. The predicted molar refractivity (Wildman–Crippen MR) is 232 cm³/mol. The number of fused-ring (bicyclic) bond motifs is 2. The molecule has 0 N–H and O–H groups in total. The molecule has 2 saturated heterocycles. The van der Waals surface area contributed by atoms with Crippen molar-refractivity contribution in [3.05, 3.63) is 63.6 Å². The van der Waals surface area contributed by atoms with Gasteiger partial charge >= 0.3 is 6.09 Å². The lowest BCUT2D eigenvalue weighted by Gasteiger charge is -2.33. The van der Waals surface area contributed by atoms with Crippen molar-refractivity contribution < 1.29 is 9.53 Å². The number of piperidine rings is 2. The molecule has 0 saturated carbocycles. The Morgan fingerprint density at radius 2 is 1.33 bits per heavy atom. The van der Waals surface area contributed by atoms with Crippen LogP contribution in [0.2, 0.25) is 0 Å². The van der Waals surface area contributed by atoms with Crippen molar-refractivity contribution >= 4 is 60.6 Å². The normalized spacial score (nSPS) is 22.3. The van der Waals surface area contributed by atoms with Crippen LogP contribution in [0, 0.1) is 23.7 Å². The first kappa shape index (κ1) is 40.0. The van der Waals surface area contributed by atoms with E-state index in [1.54, 1.807) is 4.90 Å². The first-order valence-electron chi connectivity index (χ1n) is 20.8. The fraction of sp³-hybridized carbons (Fsp3) is 0.600. The van der Waals surface area contributed by atoms with Gasteiger partial charge < -0.3 is 14.5 Å². The van der Waals surface area contributed by atoms with Crippen LogP contribution in [-0.2, 0) is 17.6 Å². The Balaban J connectivity index is 0.000000174. The van der Waals surface area contributed by atoms with E-state index in [-0.39, 0.29) is 6.09 Å². The van der Waals surface area contributed by atoms with Crippen LogP contribution in [0.4, 0.5) is 4.79 Å². The lowest BCUT2D eigenvalue weighted by atomic mass is 9.94. The topological polar surface area (TPSA) is 74.2 Å². The van der Waals surface area contributed by atoms with Crippen LogP contribution < -0.4 is 0 Å². The highest BCUT2D eigenvalue weighted by Crippen LogP contribution is 2.34. The molecule has 1 amide bonds. The van der Waals surface area contributed by atoms with Crippen LogP contribution in [0.3, 0.4) is 0 Å². The van der Waals surface area contributed by atoms with Crippen molar-refractivity contribution in [1.29, 1.82) is 0 Å². The number of nitrogens with zero attached hydrogens (tertiary/aromatic N) is 6. The largest absolute Gasteiger partial charge is 0.443 e. The lowest BCUT2D eigenvalue weighted by molar-refractivity contribution is 0.0327. The van der Waals surface area contributed by atoms with E-state index in [2.05, 4.69) is 80.2 Å². The molecule has 2 fully saturated rings. The summed E-state index contributed by atoms with van der Waals surface area (Å²) in [5, 5.41) is 2.55. The van der Waals surface area contributed by atoms with E-state index < -0.39 is 5.60 Å². The number of thiazole rings is 2. The Hall–Kier alpha value is -3.18. The number of hydrogen-bond donors (Lipinski definition) is 0. The van der Waals surface area contributed by atoms with Crippen molar-refractivity contribution in [1.82, 2.24) is 24.7 Å². The fourth-order valence-electron chi connectivity index (χ4n) is 8.22. The van der Waals surface area contributed by atoms with Crippen molar-refractivity contribution in [2.24, 2.45) is 28.7 Å². The number of likely N-dealkylation sites (tertiary alicyclic amines) is 2. The predicted octanol–water partition coefficient (Wildman–Crippen LogP) is 10.2. The molecule has 0 unspecified atom stereocenters. The molecule has 55 heavy (non-hydrogen) atoms. The van der Waals surface area contributed by atoms with E-state index in [1.807, 2.05) is 43.4 Å². The zero-order chi connectivity index (χ0) is 38.7. The first-order valence-corrected chi connectivity index (χ1v) is 22.4. The molecular formula is C45H62N6O2S2. The van der Waals surface area contributed by atoms with Gasteiger partial charge in [-0.3, -0.25) is 9.89 Å². The fourth-order valence-corrected chi connectivity index (χ4v) is 10.3. The number of aliphatic imine (C=N–C) groups is 1. The van der Waals surface area contributed by atoms with Gasteiger partial charge in [0, 0.05) is 37.2 Å². The summed E-state index contributed by atoms with van der Waals surface area (Å²) in [6.07, 6.45) is 12.6. The summed E-state index contributed by atoms with van der Waals surface area (Å²) in [5.74, 6) is 2.70. The molecule has 296 valence electrons. The second-order valence-electron chi connectivity index (χ2n) is 17.9. The maximum atomic E-state index is 12.9. The van der Waals surface area contributed by atoms with Gasteiger partial charge in [-0.1, -0.05) is 32.1 Å². The van der Waals surface area contributed by atoms with Crippen molar-refractivity contribution in [3.8, 4) is 0 Å². The van der Waals surface area contributed by atoms with Crippen LogP contribution in [0.25, 0.3) is 26.1 Å². The van der Waals surface area contributed by atoms with Crippen molar-refractivity contribution in [2.45, 2.75) is 98.0 Å². The van der Waals surface area contributed by atoms with E-state index in [0.717, 1.165) is 66.8 Å². The van der Waals surface area contributed by atoms with Crippen molar-refractivity contribution in [3.63, 3.8) is 0 Å². The molecule has 4 aromatic rings. The van der Waals surface area contributed by atoms with Gasteiger partial charge in [0.2, 0.25) is 0 Å². The van der Waals surface area contributed by atoms with Gasteiger partial charge in [0.1, 0.15) is 5.60 Å². The molecular weight excluding hydrogens is 721 g/mol. The summed E-state index contributed by atoms with van der Waals surface area (Å²) < 4.78 is 8.24. The molecule has 0 aliphatic carbocycles. The highest BCUT2D eigenvalue weighted by atomic mass is 32.1. The molecule has 4 aliphatic rings. The lowest BCUT2D eigenvalue weighted by Crippen LogP contribution is -2.39. The monoisotopic (exact) mass is 782 g/mol. The van der Waals surface area contributed by atoms with Gasteiger partial charge in [-0.15, -0.1) is 22.7 Å². The SMILES string of the molecule is C[C@H]1CC=C(c2ccc3sc(CC4CCN(C)CC4)nc3c2)N(C(=O)OC(C)(C)C)C1.C[C@H]1CCC(c2ccc3sc(CC4CCN(C)CC4)nc3c2)=NC1. The van der Waals surface area contributed by atoms with Gasteiger partial charge in [0.15, 0.2) is 0 Å². The Kier molecular flexibility index (Phi) is 12.8. The zero-order valence-corrected chi connectivity index (χ0v) is 35.9. The number of hydrogen-bond acceptors (Lipinski definition) is 9. The number of carbonyl (C=O) groups is 1. The molecule has 0 bridgehead atoms. The summed E-state index contributed by atoms with van der Waals surface area (Å²) in [7, 11) is 4.43. The molecule has 8 rings (SSSR count). The molecule has 8 nitrogen and oxygen atoms in total. The number of ether oxygens (including phenoxy) is 1. The summed E-state index contributed by atoms with van der Waals surface area (Å²) in [4.78, 5) is 34.2. The Labute approximate surface area is 337 Å². The molecule has 0 spiro atoms. The number of carbonyl (C=O) groups excluding carboxylic acids is 1. The van der Waals surface area contributed by atoms with E-state index in [0.29, 0.717) is 12.5 Å². The quantitative estimate of drug-likeness (QED) is 0.194. The maximum Gasteiger partial charge on any atom is 0.414 e. The Morgan fingerprint density at radius 3 is 1.85 bits per heavy atom. The molecule has 2 aromatic carbocycles. The Bertz CT molecular complexity index is 1990. The number of amides is 1. The number of rotatable bonds is 6. The molecule has 10 heteroatoms. The van der Waals surface area contributed by atoms with E-state index in [1.165, 1.54) is 94.5 Å². The maximum absolute atomic E-state index is 12.9. The number of allylic oxidation sites excluding steroid dienone is 1. The Morgan fingerprint density at radius 1 is 0.782 bits per heavy atom.